The molecule has 0 unspecified atom stereocenters. The molecule has 0 aromatic heterocycles. The highest BCUT2D eigenvalue weighted by molar-refractivity contribution is 5.94. The third-order valence-corrected chi connectivity index (χ3v) is 2.99. The van der Waals surface area contributed by atoms with E-state index in [2.05, 4.69) is 17.2 Å². The van der Waals surface area contributed by atoms with Gasteiger partial charge in [0.25, 0.3) is 0 Å². The summed E-state index contributed by atoms with van der Waals surface area (Å²) in [6.45, 7) is 14.4. The van der Waals surface area contributed by atoms with Gasteiger partial charge in [0.1, 0.15) is 5.54 Å². The fourth-order valence-corrected chi connectivity index (χ4v) is 1.44. The predicted molar refractivity (Wildman–Crippen MR) is 85.0 cm³/mol. The second-order valence-electron chi connectivity index (χ2n) is 6.93. The summed E-state index contributed by atoms with van der Waals surface area (Å²) in [5.74, 6) is -1.17. The number of ether oxygens (including phenoxy) is 1. The minimum atomic E-state index is -1.05. The van der Waals surface area contributed by atoms with Crippen LogP contribution >= 0.6 is 0 Å². The van der Waals surface area contributed by atoms with Crippen molar-refractivity contribution in [3.63, 3.8) is 0 Å². The van der Waals surface area contributed by atoms with Crippen molar-refractivity contribution in [2.75, 3.05) is 13.2 Å². The van der Waals surface area contributed by atoms with Gasteiger partial charge in [-0.05, 0) is 19.9 Å². The lowest BCUT2D eigenvalue weighted by Crippen LogP contribution is -2.55. The summed E-state index contributed by atoms with van der Waals surface area (Å²) in [6, 6.07) is 0. The average molecular weight is 312 g/mol. The largest absolute Gasteiger partial charge is 0.465 e. The molecule has 0 aliphatic heterocycles. The van der Waals surface area contributed by atoms with Gasteiger partial charge in [0.05, 0.1) is 12.5 Å². The lowest BCUT2D eigenvalue weighted by molar-refractivity contribution is -0.150. The van der Waals surface area contributed by atoms with E-state index in [1.54, 1.807) is 27.7 Å². The first kappa shape index (κ1) is 20.1. The van der Waals surface area contributed by atoms with Gasteiger partial charge in [-0.15, -0.1) is 0 Å². The first-order valence-corrected chi connectivity index (χ1v) is 7.31. The van der Waals surface area contributed by atoms with Gasteiger partial charge in [-0.25, -0.2) is 0 Å². The highest BCUT2D eigenvalue weighted by atomic mass is 16.5. The van der Waals surface area contributed by atoms with Crippen LogP contribution < -0.4 is 10.6 Å². The quantitative estimate of drug-likeness (QED) is 0.524. The van der Waals surface area contributed by atoms with Gasteiger partial charge >= 0.3 is 5.97 Å². The first-order valence-electron chi connectivity index (χ1n) is 7.31. The maximum Gasteiger partial charge on any atom is 0.308 e. The Bertz CT molecular complexity index is 439. The molecule has 0 radical (unpaired) electrons. The SMILES string of the molecule is C=CC(=O)NC(C)(C)C(=O)NCC(C)(C)COC(=O)C(C)C. The number of rotatable bonds is 8. The van der Waals surface area contributed by atoms with Crippen molar-refractivity contribution in [2.45, 2.75) is 47.1 Å². The number of hydrogen-bond donors (Lipinski definition) is 2. The number of hydrogen-bond acceptors (Lipinski definition) is 4. The molecule has 0 saturated carbocycles. The number of esters is 1. The zero-order chi connectivity index (χ0) is 17.6. The Kier molecular flexibility index (Phi) is 7.29. The van der Waals surface area contributed by atoms with Gasteiger partial charge in [-0.1, -0.05) is 34.3 Å². The lowest BCUT2D eigenvalue weighted by atomic mass is 9.94. The molecule has 126 valence electrons. The van der Waals surface area contributed by atoms with E-state index in [1.807, 2.05) is 13.8 Å². The molecule has 22 heavy (non-hydrogen) atoms. The Balaban J connectivity index is 4.45. The van der Waals surface area contributed by atoms with E-state index in [-0.39, 0.29) is 24.4 Å². The highest BCUT2D eigenvalue weighted by Crippen LogP contribution is 2.15. The zero-order valence-corrected chi connectivity index (χ0v) is 14.4. The molecule has 0 aromatic rings. The summed E-state index contributed by atoms with van der Waals surface area (Å²) in [4.78, 5) is 34.9. The molecule has 0 fully saturated rings. The molecule has 0 saturated heterocycles. The number of nitrogens with one attached hydrogen (secondary N) is 2. The maximum atomic E-state index is 12.1. The van der Waals surface area contributed by atoms with Crippen molar-refractivity contribution < 1.29 is 19.1 Å². The van der Waals surface area contributed by atoms with Crippen LogP contribution in [-0.4, -0.2) is 36.5 Å². The average Bonchev–Trinajstić information content (AvgIpc) is 2.41. The standard InChI is InChI=1S/C16H28N2O4/c1-8-12(19)18-16(6,7)14(21)17-9-15(4,5)10-22-13(20)11(2)3/h8,11H,1,9-10H2,2-7H3,(H,17,21)(H,18,19). The summed E-state index contributed by atoms with van der Waals surface area (Å²) < 4.78 is 5.19. The Morgan fingerprint density at radius 2 is 1.73 bits per heavy atom. The molecule has 0 bridgehead atoms. The third-order valence-electron chi connectivity index (χ3n) is 2.99. The molecule has 0 aliphatic carbocycles. The van der Waals surface area contributed by atoms with Gasteiger partial charge in [0.2, 0.25) is 11.8 Å². The van der Waals surface area contributed by atoms with E-state index in [1.165, 1.54) is 0 Å². The molecule has 0 spiro atoms. The summed E-state index contributed by atoms with van der Waals surface area (Å²) in [7, 11) is 0. The molecular weight excluding hydrogens is 284 g/mol. The zero-order valence-electron chi connectivity index (χ0n) is 14.4. The van der Waals surface area contributed by atoms with E-state index in [0.717, 1.165) is 6.08 Å². The van der Waals surface area contributed by atoms with Crippen molar-refractivity contribution in [1.82, 2.24) is 10.6 Å². The fourth-order valence-electron chi connectivity index (χ4n) is 1.44. The minimum Gasteiger partial charge on any atom is -0.465 e. The minimum absolute atomic E-state index is 0.182. The van der Waals surface area contributed by atoms with E-state index in [4.69, 9.17) is 4.74 Å². The van der Waals surface area contributed by atoms with E-state index in [9.17, 15) is 14.4 Å². The van der Waals surface area contributed by atoms with Crippen molar-refractivity contribution in [1.29, 1.82) is 0 Å². The van der Waals surface area contributed by atoms with Crippen LogP contribution in [0.5, 0.6) is 0 Å². The summed E-state index contributed by atoms with van der Waals surface area (Å²) in [5.41, 5.74) is -1.45. The monoisotopic (exact) mass is 312 g/mol. The van der Waals surface area contributed by atoms with Crippen LogP contribution in [0.2, 0.25) is 0 Å². The van der Waals surface area contributed by atoms with Crippen molar-refractivity contribution in [3.8, 4) is 0 Å². The van der Waals surface area contributed by atoms with Crippen LogP contribution in [0.3, 0.4) is 0 Å². The molecule has 6 heteroatoms. The van der Waals surface area contributed by atoms with Crippen molar-refractivity contribution in [3.05, 3.63) is 12.7 Å². The van der Waals surface area contributed by atoms with Gasteiger partial charge in [0, 0.05) is 12.0 Å². The van der Waals surface area contributed by atoms with Crippen molar-refractivity contribution >= 4 is 17.8 Å². The second-order valence-corrected chi connectivity index (χ2v) is 6.93. The van der Waals surface area contributed by atoms with Gasteiger partial charge in [0.15, 0.2) is 0 Å². The predicted octanol–water partition coefficient (Wildman–Crippen LogP) is 1.41. The van der Waals surface area contributed by atoms with Crippen LogP contribution in [0, 0.1) is 11.3 Å². The van der Waals surface area contributed by atoms with Crippen molar-refractivity contribution in [2.24, 2.45) is 11.3 Å². The van der Waals surface area contributed by atoms with E-state index < -0.39 is 16.9 Å². The fraction of sp³-hybridized carbons (Fsp3) is 0.688. The molecular formula is C16H28N2O4. The molecule has 0 aliphatic rings. The first-order chi connectivity index (χ1) is 9.91. The highest BCUT2D eigenvalue weighted by Gasteiger charge is 2.30. The van der Waals surface area contributed by atoms with Gasteiger partial charge < -0.3 is 15.4 Å². The Morgan fingerprint density at radius 1 is 1.18 bits per heavy atom. The topological polar surface area (TPSA) is 84.5 Å². The summed E-state index contributed by atoms with van der Waals surface area (Å²) >= 11 is 0. The summed E-state index contributed by atoms with van der Waals surface area (Å²) in [5, 5.41) is 5.32. The maximum absolute atomic E-state index is 12.1. The molecule has 6 nitrogen and oxygen atoms in total. The Labute approximate surface area is 132 Å². The summed E-state index contributed by atoms with van der Waals surface area (Å²) in [6.07, 6.45) is 1.12. The molecule has 2 amide bonds. The van der Waals surface area contributed by atoms with Crippen LogP contribution in [0.25, 0.3) is 0 Å². The van der Waals surface area contributed by atoms with Crippen LogP contribution in [-0.2, 0) is 19.1 Å². The number of amides is 2. The molecule has 0 rings (SSSR count). The smallest absolute Gasteiger partial charge is 0.308 e. The number of carbonyl (C=O) groups excluding carboxylic acids is 3. The third kappa shape index (κ3) is 7.24. The van der Waals surface area contributed by atoms with E-state index in [0.29, 0.717) is 6.54 Å². The molecule has 0 heterocycles. The molecule has 0 atom stereocenters. The van der Waals surface area contributed by atoms with E-state index >= 15 is 0 Å². The van der Waals surface area contributed by atoms with Gasteiger partial charge in [-0.2, -0.15) is 0 Å². The number of carbonyl (C=O) groups is 3. The van der Waals surface area contributed by atoms with Gasteiger partial charge in [-0.3, -0.25) is 14.4 Å². The van der Waals surface area contributed by atoms with Crippen LogP contribution in [0.1, 0.15) is 41.5 Å². The Hall–Kier alpha value is -1.85. The lowest BCUT2D eigenvalue weighted by Gasteiger charge is -2.29. The molecule has 2 N–H and O–H groups in total. The second kappa shape index (κ2) is 7.96. The Morgan fingerprint density at radius 3 is 2.18 bits per heavy atom. The molecule has 0 aromatic carbocycles. The van der Waals surface area contributed by atoms with Crippen LogP contribution in [0.4, 0.5) is 0 Å². The normalized spacial score (nSPS) is 11.8. The van der Waals surface area contributed by atoms with Crippen LogP contribution in [0.15, 0.2) is 12.7 Å².